The summed E-state index contributed by atoms with van der Waals surface area (Å²) in [6, 6.07) is 10.7. The van der Waals surface area contributed by atoms with Gasteiger partial charge in [0.1, 0.15) is 0 Å². The van der Waals surface area contributed by atoms with Gasteiger partial charge in [-0.3, -0.25) is 4.90 Å². The number of rotatable bonds is 4. The molecule has 0 radical (unpaired) electrons. The monoisotopic (exact) mass is 235 g/mol. The first kappa shape index (κ1) is 12.0. The van der Waals surface area contributed by atoms with E-state index in [9.17, 15) is 0 Å². The van der Waals surface area contributed by atoms with E-state index in [4.69, 9.17) is 0 Å². The third kappa shape index (κ3) is 3.02. The molecule has 1 fully saturated rings. The van der Waals surface area contributed by atoms with Gasteiger partial charge in [-0.2, -0.15) is 0 Å². The third-order valence-electron chi connectivity index (χ3n) is 3.45. The molecule has 1 saturated heterocycles. The van der Waals surface area contributed by atoms with Gasteiger partial charge in [0.15, 0.2) is 0 Å². The van der Waals surface area contributed by atoms with Crippen molar-refractivity contribution >= 4 is 11.8 Å². The third-order valence-corrected chi connectivity index (χ3v) is 4.44. The summed E-state index contributed by atoms with van der Waals surface area (Å²) < 4.78 is 0. The second kappa shape index (κ2) is 5.24. The fourth-order valence-electron chi connectivity index (χ4n) is 2.37. The molecule has 1 aliphatic heterocycles. The van der Waals surface area contributed by atoms with E-state index in [0.29, 0.717) is 5.54 Å². The number of nitrogens with zero attached hydrogens (tertiary/aromatic N) is 1. The normalized spacial score (nSPS) is 20.1. The van der Waals surface area contributed by atoms with Crippen molar-refractivity contribution in [3.63, 3.8) is 0 Å². The highest BCUT2D eigenvalue weighted by Crippen LogP contribution is 2.28. The van der Waals surface area contributed by atoms with Gasteiger partial charge in [0, 0.05) is 22.7 Å². The molecule has 0 atom stereocenters. The van der Waals surface area contributed by atoms with Gasteiger partial charge < -0.3 is 0 Å². The van der Waals surface area contributed by atoms with E-state index in [1.807, 2.05) is 11.8 Å². The van der Waals surface area contributed by atoms with Crippen LogP contribution in [0.2, 0.25) is 0 Å². The number of thioether (sulfide) groups is 1. The van der Waals surface area contributed by atoms with Crippen LogP contribution in [-0.2, 0) is 0 Å². The van der Waals surface area contributed by atoms with Gasteiger partial charge in [0.2, 0.25) is 0 Å². The molecule has 1 aliphatic rings. The van der Waals surface area contributed by atoms with Crippen molar-refractivity contribution in [3.8, 4) is 0 Å². The Kier molecular flexibility index (Phi) is 3.93. The molecular formula is C14H21NS. The molecule has 0 saturated carbocycles. The average molecular weight is 235 g/mol. The van der Waals surface area contributed by atoms with Crippen LogP contribution in [0.25, 0.3) is 0 Å². The van der Waals surface area contributed by atoms with Crippen molar-refractivity contribution < 1.29 is 0 Å². The lowest BCUT2D eigenvalue weighted by molar-refractivity contribution is 0.186. The smallest absolute Gasteiger partial charge is 0.0154 e. The quantitative estimate of drug-likeness (QED) is 0.733. The maximum absolute atomic E-state index is 2.63. The van der Waals surface area contributed by atoms with Crippen molar-refractivity contribution in [2.75, 3.05) is 18.8 Å². The predicted octanol–water partition coefficient (Wildman–Crippen LogP) is 3.65. The Morgan fingerprint density at radius 2 is 2.00 bits per heavy atom. The highest BCUT2D eigenvalue weighted by atomic mass is 32.2. The first-order chi connectivity index (χ1) is 7.68. The minimum Gasteiger partial charge on any atom is -0.297 e. The molecular weight excluding hydrogens is 214 g/mol. The van der Waals surface area contributed by atoms with Gasteiger partial charge in [0.25, 0.3) is 0 Å². The van der Waals surface area contributed by atoms with Gasteiger partial charge in [-0.05, 0) is 45.4 Å². The van der Waals surface area contributed by atoms with Crippen LogP contribution < -0.4 is 0 Å². The summed E-state index contributed by atoms with van der Waals surface area (Å²) in [6.45, 7) is 7.23. The molecule has 0 amide bonds. The molecule has 1 aromatic rings. The van der Waals surface area contributed by atoms with E-state index in [2.05, 4.69) is 49.1 Å². The lowest BCUT2D eigenvalue weighted by Gasteiger charge is -2.31. The lowest BCUT2D eigenvalue weighted by Crippen LogP contribution is -2.39. The lowest BCUT2D eigenvalue weighted by atomic mass is 10.0. The van der Waals surface area contributed by atoms with E-state index in [0.717, 1.165) is 0 Å². The molecule has 2 rings (SSSR count). The summed E-state index contributed by atoms with van der Waals surface area (Å²) in [4.78, 5) is 4.02. The highest BCUT2D eigenvalue weighted by Gasteiger charge is 2.30. The summed E-state index contributed by atoms with van der Waals surface area (Å²) in [5.74, 6) is 1.20. The molecule has 1 nitrogen and oxygen atoms in total. The summed E-state index contributed by atoms with van der Waals surface area (Å²) in [7, 11) is 0. The Labute approximate surface area is 103 Å². The Morgan fingerprint density at radius 1 is 1.25 bits per heavy atom. The van der Waals surface area contributed by atoms with Crippen molar-refractivity contribution in [3.05, 3.63) is 30.3 Å². The molecule has 0 aromatic heterocycles. The second-order valence-corrected chi connectivity index (χ2v) is 6.23. The highest BCUT2D eigenvalue weighted by molar-refractivity contribution is 7.99. The molecule has 0 aliphatic carbocycles. The van der Waals surface area contributed by atoms with E-state index in [1.165, 1.54) is 36.6 Å². The average Bonchev–Trinajstić information content (AvgIpc) is 2.60. The number of benzene rings is 1. The van der Waals surface area contributed by atoms with Gasteiger partial charge in [0.05, 0.1) is 0 Å². The SMILES string of the molecule is CC1(C)CCCN1CCSc1ccccc1. The zero-order valence-corrected chi connectivity index (χ0v) is 11.1. The molecule has 0 N–H and O–H groups in total. The van der Waals surface area contributed by atoms with Crippen LogP contribution in [0.15, 0.2) is 35.2 Å². The first-order valence-corrected chi connectivity index (χ1v) is 7.10. The van der Waals surface area contributed by atoms with Crippen LogP contribution in [0.4, 0.5) is 0 Å². The van der Waals surface area contributed by atoms with E-state index in [1.54, 1.807) is 0 Å². The summed E-state index contributed by atoms with van der Waals surface area (Å²) >= 11 is 1.97. The van der Waals surface area contributed by atoms with Crippen LogP contribution in [0, 0.1) is 0 Å². The van der Waals surface area contributed by atoms with Crippen LogP contribution in [0.3, 0.4) is 0 Å². The molecule has 0 unspecified atom stereocenters. The molecule has 88 valence electrons. The predicted molar refractivity (Wildman–Crippen MR) is 72.1 cm³/mol. The van der Waals surface area contributed by atoms with Crippen LogP contribution >= 0.6 is 11.8 Å². The van der Waals surface area contributed by atoms with E-state index < -0.39 is 0 Å². The number of hydrogen-bond acceptors (Lipinski definition) is 2. The Hall–Kier alpha value is -0.470. The number of hydrogen-bond donors (Lipinski definition) is 0. The summed E-state index contributed by atoms with van der Waals surface area (Å²) in [5.41, 5.74) is 0.428. The first-order valence-electron chi connectivity index (χ1n) is 6.11. The maximum atomic E-state index is 2.63. The van der Waals surface area contributed by atoms with Gasteiger partial charge >= 0.3 is 0 Å². The second-order valence-electron chi connectivity index (χ2n) is 5.06. The van der Waals surface area contributed by atoms with Gasteiger partial charge in [-0.25, -0.2) is 0 Å². The largest absolute Gasteiger partial charge is 0.297 e. The van der Waals surface area contributed by atoms with Gasteiger partial charge in [-0.1, -0.05) is 18.2 Å². The van der Waals surface area contributed by atoms with Crippen LogP contribution in [0.5, 0.6) is 0 Å². The zero-order chi connectivity index (χ0) is 11.4. The van der Waals surface area contributed by atoms with Crippen molar-refractivity contribution in [2.24, 2.45) is 0 Å². The molecule has 1 heterocycles. The Morgan fingerprint density at radius 3 is 2.62 bits per heavy atom. The molecule has 16 heavy (non-hydrogen) atoms. The van der Waals surface area contributed by atoms with Crippen molar-refractivity contribution in [1.82, 2.24) is 4.90 Å². The number of likely N-dealkylation sites (tertiary alicyclic amines) is 1. The fraction of sp³-hybridized carbons (Fsp3) is 0.571. The van der Waals surface area contributed by atoms with Gasteiger partial charge in [-0.15, -0.1) is 11.8 Å². The van der Waals surface area contributed by atoms with Crippen molar-refractivity contribution in [1.29, 1.82) is 0 Å². The Balaban J connectivity index is 1.76. The molecule has 1 aromatic carbocycles. The zero-order valence-electron chi connectivity index (χ0n) is 10.3. The van der Waals surface area contributed by atoms with Crippen LogP contribution in [-0.4, -0.2) is 29.3 Å². The van der Waals surface area contributed by atoms with Crippen LogP contribution in [0.1, 0.15) is 26.7 Å². The minimum atomic E-state index is 0.428. The molecule has 0 bridgehead atoms. The standard InChI is InChI=1S/C14H21NS/c1-14(2)9-6-10-15(14)11-12-16-13-7-4-3-5-8-13/h3-5,7-8H,6,9-12H2,1-2H3. The van der Waals surface area contributed by atoms with Crippen molar-refractivity contribution in [2.45, 2.75) is 37.1 Å². The maximum Gasteiger partial charge on any atom is 0.0154 e. The summed E-state index contributed by atoms with van der Waals surface area (Å²) in [5, 5.41) is 0. The van der Waals surface area contributed by atoms with E-state index in [-0.39, 0.29) is 0 Å². The Bertz CT molecular complexity index is 321. The fourth-order valence-corrected chi connectivity index (χ4v) is 3.27. The molecule has 2 heteroatoms. The minimum absolute atomic E-state index is 0.428. The summed E-state index contributed by atoms with van der Waals surface area (Å²) in [6.07, 6.45) is 2.71. The van der Waals surface area contributed by atoms with E-state index >= 15 is 0 Å². The topological polar surface area (TPSA) is 3.24 Å². The molecule has 0 spiro atoms.